The number of hydrogen-bond donors (Lipinski definition) is 0. The third kappa shape index (κ3) is 6.52. The number of benzene rings is 7. The number of anilines is 3. The summed E-state index contributed by atoms with van der Waals surface area (Å²) in [7, 11) is 0. The lowest BCUT2D eigenvalue weighted by molar-refractivity contribution is 1.04. The average molecular weight is 628 g/mol. The minimum absolute atomic E-state index is 1.11. The molecule has 1 aliphatic rings. The van der Waals surface area contributed by atoms with E-state index >= 15 is 0 Å². The molecular weight excluding hydrogens is 591 g/mol. The second kappa shape index (κ2) is 13.9. The van der Waals surface area contributed by atoms with E-state index in [4.69, 9.17) is 0 Å². The van der Waals surface area contributed by atoms with Crippen molar-refractivity contribution in [1.29, 1.82) is 0 Å². The summed E-state index contributed by atoms with van der Waals surface area (Å²) >= 11 is 0. The Balaban J connectivity index is 1.20. The third-order valence-corrected chi connectivity index (χ3v) is 9.34. The van der Waals surface area contributed by atoms with Gasteiger partial charge in [0.25, 0.3) is 0 Å². The molecule has 0 bridgehead atoms. The molecule has 0 saturated heterocycles. The van der Waals surface area contributed by atoms with Crippen molar-refractivity contribution in [1.82, 2.24) is 0 Å². The Bertz CT molecular complexity index is 2210. The molecule has 0 N–H and O–H groups in total. The van der Waals surface area contributed by atoms with Crippen molar-refractivity contribution in [2.45, 2.75) is 12.8 Å². The SMILES string of the molecule is C1=CC(c2ccc(-c3ccc(N(c4ccc(-c5ccccc5)cc4)c4ccc(-c5ccccc5)c(-c5ccccc5)c4)cc3)cc2)=CCC1. The zero-order chi connectivity index (χ0) is 32.8. The molecule has 0 unspecified atom stereocenters. The van der Waals surface area contributed by atoms with Gasteiger partial charge in [-0.1, -0.05) is 164 Å². The molecule has 0 amide bonds. The molecule has 1 nitrogen and oxygen atoms in total. The fourth-order valence-corrected chi connectivity index (χ4v) is 6.76. The van der Waals surface area contributed by atoms with E-state index in [1.165, 1.54) is 55.6 Å². The molecule has 7 aromatic carbocycles. The van der Waals surface area contributed by atoms with Crippen LogP contribution in [-0.2, 0) is 0 Å². The van der Waals surface area contributed by atoms with Crippen LogP contribution in [0, 0.1) is 0 Å². The smallest absolute Gasteiger partial charge is 0.0468 e. The molecule has 0 saturated carbocycles. The third-order valence-electron chi connectivity index (χ3n) is 9.34. The zero-order valence-corrected chi connectivity index (χ0v) is 27.4. The Hall–Kier alpha value is -6.18. The van der Waals surface area contributed by atoms with Crippen LogP contribution in [0.25, 0.3) is 50.1 Å². The maximum atomic E-state index is 2.37. The maximum absolute atomic E-state index is 2.37. The maximum Gasteiger partial charge on any atom is 0.0468 e. The second-order valence-electron chi connectivity index (χ2n) is 12.5. The highest BCUT2D eigenvalue weighted by Gasteiger charge is 2.17. The monoisotopic (exact) mass is 627 g/mol. The Morgan fingerprint density at radius 2 is 0.755 bits per heavy atom. The van der Waals surface area contributed by atoms with Crippen molar-refractivity contribution >= 4 is 22.6 Å². The van der Waals surface area contributed by atoms with Crippen molar-refractivity contribution in [2.24, 2.45) is 0 Å². The first kappa shape index (κ1) is 30.2. The van der Waals surface area contributed by atoms with Gasteiger partial charge in [0.2, 0.25) is 0 Å². The van der Waals surface area contributed by atoms with Crippen LogP contribution in [0.5, 0.6) is 0 Å². The van der Waals surface area contributed by atoms with Gasteiger partial charge in [0.05, 0.1) is 0 Å². The topological polar surface area (TPSA) is 3.24 Å². The van der Waals surface area contributed by atoms with Gasteiger partial charge in [-0.05, 0) is 105 Å². The Labute approximate surface area is 289 Å². The second-order valence-corrected chi connectivity index (χ2v) is 12.5. The summed E-state index contributed by atoms with van der Waals surface area (Å²) < 4.78 is 0. The predicted molar refractivity (Wildman–Crippen MR) is 209 cm³/mol. The molecule has 0 spiro atoms. The molecule has 8 rings (SSSR count). The molecular formula is C48H37N. The van der Waals surface area contributed by atoms with Gasteiger partial charge >= 0.3 is 0 Å². The van der Waals surface area contributed by atoms with Crippen LogP contribution in [0.1, 0.15) is 18.4 Å². The van der Waals surface area contributed by atoms with Gasteiger partial charge in [-0.15, -0.1) is 0 Å². The quantitative estimate of drug-likeness (QED) is 0.162. The first-order valence-corrected chi connectivity index (χ1v) is 17.1. The normalized spacial score (nSPS) is 12.4. The predicted octanol–water partition coefficient (Wildman–Crippen LogP) is 13.6. The molecule has 0 fully saturated rings. The van der Waals surface area contributed by atoms with Crippen LogP contribution in [0.3, 0.4) is 0 Å². The van der Waals surface area contributed by atoms with E-state index in [9.17, 15) is 0 Å². The Kier molecular flexibility index (Phi) is 8.56. The lowest BCUT2D eigenvalue weighted by Crippen LogP contribution is -2.10. The Morgan fingerprint density at radius 3 is 1.27 bits per heavy atom. The molecule has 1 heteroatoms. The van der Waals surface area contributed by atoms with Gasteiger partial charge < -0.3 is 4.90 Å². The van der Waals surface area contributed by atoms with Crippen LogP contribution in [0.2, 0.25) is 0 Å². The Morgan fingerprint density at radius 1 is 0.327 bits per heavy atom. The molecule has 0 aliphatic heterocycles. The van der Waals surface area contributed by atoms with Crippen molar-refractivity contribution in [3.63, 3.8) is 0 Å². The van der Waals surface area contributed by atoms with Gasteiger partial charge in [0.15, 0.2) is 0 Å². The number of hydrogen-bond acceptors (Lipinski definition) is 1. The van der Waals surface area contributed by atoms with Gasteiger partial charge in [-0.25, -0.2) is 0 Å². The van der Waals surface area contributed by atoms with Gasteiger partial charge in [0, 0.05) is 17.1 Å². The molecule has 0 atom stereocenters. The lowest BCUT2D eigenvalue weighted by Gasteiger charge is -2.27. The largest absolute Gasteiger partial charge is 0.310 e. The first-order chi connectivity index (χ1) is 24.3. The molecule has 1 aliphatic carbocycles. The highest BCUT2D eigenvalue weighted by atomic mass is 15.1. The van der Waals surface area contributed by atoms with Gasteiger partial charge in [-0.3, -0.25) is 0 Å². The van der Waals surface area contributed by atoms with Crippen LogP contribution in [0.4, 0.5) is 17.1 Å². The van der Waals surface area contributed by atoms with Crippen LogP contribution < -0.4 is 4.90 Å². The number of rotatable bonds is 8. The molecule has 49 heavy (non-hydrogen) atoms. The van der Waals surface area contributed by atoms with Crippen LogP contribution >= 0.6 is 0 Å². The van der Waals surface area contributed by atoms with E-state index in [1.54, 1.807) is 0 Å². The summed E-state index contributed by atoms with van der Waals surface area (Å²) in [5, 5.41) is 0. The minimum Gasteiger partial charge on any atom is -0.310 e. The highest BCUT2D eigenvalue weighted by molar-refractivity contribution is 5.89. The van der Waals surface area contributed by atoms with Crippen LogP contribution in [0.15, 0.2) is 200 Å². The summed E-state index contributed by atoms with van der Waals surface area (Å²) in [6.07, 6.45) is 9.08. The van der Waals surface area contributed by atoms with E-state index in [-0.39, 0.29) is 0 Å². The molecule has 0 heterocycles. The van der Waals surface area contributed by atoms with Crippen molar-refractivity contribution in [3.05, 3.63) is 206 Å². The summed E-state index contributed by atoms with van der Waals surface area (Å²) in [6.45, 7) is 0. The fourth-order valence-electron chi connectivity index (χ4n) is 6.76. The van der Waals surface area contributed by atoms with Gasteiger partial charge in [-0.2, -0.15) is 0 Å². The molecule has 7 aromatic rings. The lowest BCUT2D eigenvalue weighted by atomic mass is 9.93. The fraction of sp³-hybridized carbons (Fsp3) is 0.0417. The van der Waals surface area contributed by atoms with E-state index in [0.29, 0.717) is 0 Å². The molecule has 0 radical (unpaired) electrons. The zero-order valence-electron chi connectivity index (χ0n) is 27.4. The summed E-state index contributed by atoms with van der Waals surface area (Å²) in [6, 6.07) is 65.7. The van der Waals surface area contributed by atoms with E-state index < -0.39 is 0 Å². The summed E-state index contributed by atoms with van der Waals surface area (Å²) in [4.78, 5) is 2.37. The summed E-state index contributed by atoms with van der Waals surface area (Å²) in [5.41, 5.74) is 15.6. The van der Waals surface area contributed by atoms with Crippen LogP contribution in [-0.4, -0.2) is 0 Å². The summed E-state index contributed by atoms with van der Waals surface area (Å²) in [5.74, 6) is 0. The number of allylic oxidation sites excluding steroid dienone is 4. The van der Waals surface area contributed by atoms with Crippen molar-refractivity contribution in [3.8, 4) is 44.5 Å². The molecule has 0 aromatic heterocycles. The number of nitrogens with zero attached hydrogens (tertiary/aromatic N) is 1. The van der Waals surface area contributed by atoms with E-state index in [1.807, 2.05) is 0 Å². The van der Waals surface area contributed by atoms with E-state index in [2.05, 4.69) is 205 Å². The standard InChI is InChI=1S/C48H37N/c1-5-13-36(14-6-1)38-21-23-39(24-22-38)41-27-31-45(32-28-41)49(44-29-25-40(26-30-44)37-15-7-2-8-16-37)46-33-34-47(42-17-9-3-10-18-42)48(35-46)43-19-11-4-12-20-43/h2-5,7-35H,1,6H2. The van der Waals surface area contributed by atoms with E-state index in [0.717, 1.165) is 29.9 Å². The highest BCUT2D eigenvalue weighted by Crippen LogP contribution is 2.41. The average Bonchev–Trinajstić information content (AvgIpc) is 3.20. The van der Waals surface area contributed by atoms with Crippen molar-refractivity contribution < 1.29 is 0 Å². The first-order valence-electron chi connectivity index (χ1n) is 17.1. The van der Waals surface area contributed by atoms with Crippen molar-refractivity contribution in [2.75, 3.05) is 4.90 Å². The molecule has 234 valence electrons. The minimum atomic E-state index is 1.11. The van der Waals surface area contributed by atoms with Gasteiger partial charge in [0.1, 0.15) is 0 Å².